The van der Waals surface area contributed by atoms with Crippen LogP contribution in [-0.4, -0.2) is 32.7 Å². The highest BCUT2D eigenvalue weighted by Crippen LogP contribution is 2.19. The molecule has 0 unspecified atom stereocenters. The van der Waals surface area contributed by atoms with Crippen LogP contribution in [0.1, 0.15) is 17.2 Å². The van der Waals surface area contributed by atoms with E-state index in [-0.39, 0.29) is 0 Å². The van der Waals surface area contributed by atoms with Gasteiger partial charge in [-0.15, -0.1) is 0 Å². The molecule has 0 radical (unpaired) electrons. The summed E-state index contributed by atoms with van der Waals surface area (Å²) in [6, 6.07) is 17.6. The van der Waals surface area contributed by atoms with Crippen LogP contribution in [0.2, 0.25) is 5.02 Å². The van der Waals surface area contributed by atoms with Gasteiger partial charge in [0, 0.05) is 16.3 Å². The van der Waals surface area contributed by atoms with Gasteiger partial charge in [-0.2, -0.15) is 0 Å². The summed E-state index contributed by atoms with van der Waals surface area (Å²) in [7, 11) is 0. The third-order valence-electron chi connectivity index (χ3n) is 4.84. The maximum Gasteiger partial charge on any atom is 0.163 e. The summed E-state index contributed by atoms with van der Waals surface area (Å²) < 4.78 is 0. The van der Waals surface area contributed by atoms with E-state index >= 15 is 0 Å². The third kappa shape index (κ3) is 3.86. The van der Waals surface area contributed by atoms with E-state index in [4.69, 9.17) is 11.6 Å². The van der Waals surface area contributed by atoms with Crippen molar-refractivity contribution in [3.63, 3.8) is 0 Å². The molecule has 0 bridgehead atoms. The predicted octanol–water partition coefficient (Wildman–Crippen LogP) is 1.34. The minimum absolute atomic E-state index is 0.497. The van der Waals surface area contributed by atoms with E-state index in [1.807, 2.05) is 12.1 Å². The second kappa shape index (κ2) is 7.35. The fourth-order valence-corrected chi connectivity index (χ4v) is 3.66. The average molecular weight is 332 g/mol. The number of nitrogens with one attached hydrogen (secondary N) is 1. The molecule has 4 N–H and O–H groups in total. The quantitative estimate of drug-likeness (QED) is 0.871. The molecule has 4 heteroatoms. The number of benzene rings is 2. The monoisotopic (exact) mass is 331 g/mol. The first-order valence-electron chi connectivity index (χ1n) is 8.38. The zero-order valence-corrected chi connectivity index (χ0v) is 14.5. The molecule has 0 saturated carbocycles. The number of hydrogen-bond acceptors (Lipinski definition) is 1. The highest BCUT2D eigenvalue weighted by Gasteiger charge is 2.29. The van der Waals surface area contributed by atoms with Crippen LogP contribution in [0.15, 0.2) is 48.5 Å². The minimum atomic E-state index is 0.497. The van der Waals surface area contributed by atoms with Gasteiger partial charge >= 0.3 is 0 Å². The summed E-state index contributed by atoms with van der Waals surface area (Å²) in [5.74, 6) is 0. The lowest BCUT2D eigenvalue weighted by Crippen LogP contribution is -3.16. The highest BCUT2D eigenvalue weighted by atomic mass is 35.5. The van der Waals surface area contributed by atoms with Crippen molar-refractivity contribution in [3.8, 4) is 0 Å². The summed E-state index contributed by atoms with van der Waals surface area (Å²) in [5, 5.41) is 0.813. The summed E-state index contributed by atoms with van der Waals surface area (Å²) in [6.07, 6.45) is 0. The molecule has 1 saturated heterocycles. The molecule has 0 spiro atoms. The molecule has 1 heterocycles. The molecule has 23 heavy (non-hydrogen) atoms. The van der Waals surface area contributed by atoms with Gasteiger partial charge in [0.25, 0.3) is 0 Å². The van der Waals surface area contributed by atoms with Crippen LogP contribution in [0.4, 0.5) is 5.69 Å². The molecule has 1 fully saturated rings. The number of piperazine rings is 1. The lowest BCUT2D eigenvalue weighted by molar-refractivity contribution is -0.938. The Bertz CT molecular complexity index is 633. The Balaban J connectivity index is 1.66. The molecule has 1 atom stereocenters. The van der Waals surface area contributed by atoms with Crippen molar-refractivity contribution in [2.75, 3.05) is 37.6 Å². The van der Waals surface area contributed by atoms with Crippen LogP contribution in [0.25, 0.3) is 0 Å². The van der Waals surface area contributed by atoms with E-state index in [2.05, 4.69) is 54.0 Å². The topological polar surface area (TPSA) is 35.3 Å². The van der Waals surface area contributed by atoms with Crippen molar-refractivity contribution in [1.82, 2.24) is 0 Å². The molecule has 0 aliphatic carbocycles. The number of hydrogen-bond donors (Lipinski definition) is 2. The van der Waals surface area contributed by atoms with Crippen LogP contribution in [0.5, 0.6) is 0 Å². The molecule has 122 valence electrons. The molecule has 3 rings (SSSR count). The molecule has 2 aromatic carbocycles. The first-order valence-corrected chi connectivity index (χ1v) is 8.76. The summed E-state index contributed by atoms with van der Waals surface area (Å²) in [6.45, 7) is 7.49. The lowest BCUT2D eigenvalue weighted by atomic mass is 10.0. The minimum Gasteiger partial charge on any atom is -0.360 e. The van der Waals surface area contributed by atoms with Crippen LogP contribution in [0, 0.1) is 6.92 Å². The molecule has 0 amide bonds. The Kier molecular flexibility index (Phi) is 5.21. The van der Waals surface area contributed by atoms with E-state index in [9.17, 15) is 0 Å². The Morgan fingerprint density at radius 1 is 1.13 bits per heavy atom. The molecular weight excluding hydrogens is 306 g/mol. The smallest absolute Gasteiger partial charge is 0.163 e. The van der Waals surface area contributed by atoms with Gasteiger partial charge in [0.05, 0.1) is 26.2 Å². The maximum atomic E-state index is 6.12. The molecule has 3 nitrogen and oxygen atoms in total. The van der Waals surface area contributed by atoms with Crippen LogP contribution in [-0.2, 0) is 0 Å². The third-order valence-corrected chi connectivity index (χ3v) is 5.08. The number of anilines is 1. The van der Waals surface area contributed by atoms with Crippen LogP contribution >= 0.6 is 11.6 Å². The molecule has 1 aliphatic heterocycles. The fraction of sp³-hybridized carbons (Fsp3) is 0.368. The van der Waals surface area contributed by atoms with E-state index in [1.54, 1.807) is 4.90 Å². The van der Waals surface area contributed by atoms with Gasteiger partial charge in [0.1, 0.15) is 6.54 Å². The SMILES string of the molecule is Cc1ccc([C@H](C[NH3+])[NH+]2CCN(c3cccc(Cl)c3)CC2)cc1. The van der Waals surface area contributed by atoms with Gasteiger partial charge in [-0.3, -0.25) is 0 Å². The number of rotatable bonds is 4. The van der Waals surface area contributed by atoms with Gasteiger partial charge in [-0.05, 0) is 25.1 Å². The van der Waals surface area contributed by atoms with Crippen molar-refractivity contribution in [2.45, 2.75) is 13.0 Å². The molecule has 1 aliphatic rings. The predicted molar refractivity (Wildman–Crippen MR) is 96.0 cm³/mol. The van der Waals surface area contributed by atoms with Gasteiger partial charge in [0.15, 0.2) is 6.04 Å². The van der Waals surface area contributed by atoms with Crippen molar-refractivity contribution < 1.29 is 10.6 Å². The number of nitrogens with zero attached hydrogens (tertiary/aromatic N) is 1. The molecule has 0 aromatic heterocycles. The van der Waals surface area contributed by atoms with Crippen molar-refractivity contribution in [3.05, 3.63) is 64.7 Å². The zero-order valence-electron chi connectivity index (χ0n) is 13.8. The average Bonchev–Trinajstić information content (AvgIpc) is 2.58. The zero-order chi connectivity index (χ0) is 16.2. The maximum absolute atomic E-state index is 6.12. The standard InChI is InChI=1S/C19H24ClN3/c1-15-5-7-16(8-6-15)19(14-21)23-11-9-22(10-12-23)18-4-2-3-17(20)13-18/h2-8,13,19H,9-12,14,21H2,1H3/p+2/t19-/m0/s1. The van der Waals surface area contributed by atoms with Crippen LogP contribution in [0.3, 0.4) is 0 Å². The van der Waals surface area contributed by atoms with Gasteiger partial charge in [-0.1, -0.05) is 47.5 Å². The number of aryl methyl sites for hydroxylation is 1. The normalized spacial score (nSPS) is 17.3. The first-order chi connectivity index (χ1) is 11.2. The number of quaternary nitrogens is 2. The van der Waals surface area contributed by atoms with Gasteiger partial charge in [0.2, 0.25) is 0 Å². The van der Waals surface area contributed by atoms with Crippen LogP contribution < -0.4 is 15.5 Å². The Hall–Kier alpha value is -1.55. The lowest BCUT2D eigenvalue weighted by Gasteiger charge is -2.36. The summed E-state index contributed by atoms with van der Waals surface area (Å²) >= 11 is 6.12. The van der Waals surface area contributed by atoms with Crippen molar-refractivity contribution in [2.24, 2.45) is 0 Å². The Morgan fingerprint density at radius 2 is 1.83 bits per heavy atom. The summed E-state index contributed by atoms with van der Waals surface area (Å²) in [5.41, 5.74) is 8.16. The second-order valence-corrected chi connectivity index (χ2v) is 6.81. The molecular formula is C19H26ClN3+2. The summed E-state index contributed by atoms with van der Waals surface area (Å²) in [4.78, 5) is 4.08. The highest BCUT2D eigenvalue weighted by molar-refractivity contribution is 6.30. The van der Waals surface area contributed by atoms with E-state index in [1.165, 1.54) is 16.8 Å². The fourth-order valence-electron chi connectivity index (χ4n) is 3.48. The van der Waals surface area contributed by atoms with E-state index in [0.717, 1.165) is 37.7 Å². The van der Waals surface area contributed by atoms with Gasteiger partial charge in [-0.25, -0.2) is 0 Å². The number of halogens is 1. The van der Waals surface area contributed by atoms with Gasteiger partial charge < -0.3 is 15.5 Å². The van der Waals surface area contributed by atoms with E-state index in [0.29, 0.717) is 6.04 Å². The van der Waals surface area contributed by atoms with E-state index < -0.39 is 0 Å². The first kappa shape index (κ1) is 16.3. The Morgan fingerprint density at radius 3 is 2.43 bits per heavy atom. The second-order valence-electron chi connectivity index (χ2n) is 6.38. The largest absolute Gasteiger partial charge is 0.360 e. The van der Waals surface area contributed by atoms with Crippen molar-refractivity contribution >= 4 is 17.3 Å². The molecule has 2 aromatic rings. The Labute approximate surface area is 143 Å². The van der Waals surface area contributed by atoms with Crippen molar-refractivity contribution in [1.29, 1.82) is 0 Å².